The van der Waals surface area contributed by atoms with Gasteiger partial charge in [-0.3, -0.25) is 0 Å². The molecule has 0 saturated carbocycles. The van der Waals surface area contributed by atoms with E-state index in [2.05, 4.69) is 4.18 Å². The van der Waals surface area contributed by atoms with Crippen LogP contribution in [-0.2, 0) is 22.0 Å². The molecule has 0 unspecified atom stereocenters. The lowest BCUT2D eigenvalue weighted by Gasteiger charge is -2.13. The van der Waals surface area contributed by atoms with E-state index in [1.807, 2.05) is 0 Å². The first-order valence-corrected chi connectivity index (χ1v) is 7.58. The normalized spacial score (nSPS) is 12.2. The quantitative estimate of drug-likeness (QED) is 0.632. The molecule has 0 N–H and O–H groups in total. The molecule has 0 aliphatic rings. The summed E-state index contributed by atoms with van der Waals surface area (Å²) in [6.45, 7) is 0. The molecular formula is C14H10F4O3S. The first-order valence-electron chi connectivity index (χ1n) is 6.00. The lowest BCUT2D eigenvalue weighted by molar-refractivity contribution is -0.138. The number of alkyl halides is 3. The minimum Gasteiger partial charge on any atom is -0.382 e. The van der Waals surface area contributed by atoms with Crippen molar-refractivity contribution in [2.24, 2.45) is 0 Å². The topological polar surface area (TPSA) is 43.4 Å². The lowest BCUT2D eigenvalue weighted by Crippen LogP contribution is -2.15. The van der Waals surface area contributed by atoms with Crippen molar-refractivity contribution in [3.63, 3.8) is 0 Å². The van der Waals surface area contributed by atoms with E-state index in [-0.39, 0.29) is 5.56 Å². The van der Waals surface area contributed by atoms with Gasteiger partial charge >= 0.3 is 16.3 Å². The van der Waals surface area contributed by atoms with Crippen LogP contribution in [0, 0.1) is 5.82 Å². The van der Waals surface area contributed by atoms with Crippen molar-refractivity contribution in [3.8, 4) is 5.75 Å². The predicted molar refractivity (Wildman–Crippen MR) is 71.1 cm³/mol. The summed E-state index contributed by atoms with van der Waals surface area (Å²) in [6, 6.07) is 8.54. The molecule has 0 fully saturated rings. The fraction of sp³-hybridized carbons (Fsp3) is 0.143. The van der Waals surface area contributed by atoms with Gasteiger partial charge in [-0.1, -0.05) is 24.3 Å². The summed E-state index contributed by atoms with van der Waals surface area (Å²) in [5.41, 5.74) is -0.983. The fourth-order valence-electron chi connectivity index (χ4n) is 1.72. The van der Waals surface area contributed by atoms with Gasteiger partial charge in [0, 0.05) is 0 Å². The number of para-hydroxylation sites is 1. The van der Waals surface area contributed by atoms with Gasteiger partial charge in [0.25, 0.3) is 0 Å². The molecule has 0 radical (unpaired) electrons. The van der Waals surface area contributed by atoms with Crippen LogP contribution in [0.5, 0.6) is 5.75 Å². The number of rotatable bonds is 4. The van der Waals surface area contributed by atoms with E-state index in [4.69, 9.17) is 0 Å². The van der Waals surface area contributed by atoms with Gasteiger partial charge in [-0.05, 0) is 29.8 Å². The number of halogens is 4. The van der Waals surface area contributed by atoms with Crippen LogP contribution in [0.2, 0.25) is 0 Å². The molecular weight excluding hydrogens is 324 g/mol. The minimum atomic E-state index is -4.73. The summed E-state index contributed by atoms with van der Waals surface area (Å²) < 4.78 is 79.3. The molecule has 118 valence electrons. The van der Waals surface area contributed by atoms with Crippen molar-refractivity contribution in [2.75, 3.05) is 0 Å². The zero-order valence-corrected chi connectivity index (χ0v) is 11.8. The third-order valence-electron chi connectivity index (χ3n) is 2.67. The van der Waals surface area contributed by atoms with E-state index in [0.717, 1.165) is 30.3 Å². The Labute approximate surface area is 124 Å². The average molecular weight is 334 g/mol. The molecule has 3 nitrogen and oxygen atoms in total. The first-order chi connectivity index (χ1) is 10.2. The molecule has 2 aromatic rings. The summed E-state index contributed by atoms with van der Waals surface area (Å²) in [7, 11) is -4.31. The Balaban J connectivity index is 2.24. The molecule has 0 saturated heterocycles. The molecule has 0 heterocycles. The van der Waals surface area contributed by atoms with E-state index in [1.54, 1.807) is 0 Å². The van der Waals surface area contributed by atoms with Gasteiger partial charge < -0.3 is 4.18 Å². The average Bonchev–Trinajstić information content (AvgIpc) is 2.40. The predicted octanol–water partition coefficient (Wildman–Crippen LogP) is 3.75. The Bertz CT molecular complexity index is 752. The van der Waals surface area contributed by atoms with Gasteiger partial charge in [-0.15, -0.1) is 0 Å². The highest BCUT2D eigenvalue weighted by molar-refractivity contribution is 7.86. The summed E-state index contributed by atoms with van der Waals surface area (Å²) in [5.74, 6) is -2.01. The van der Waals surface area contributed by atoms with Crippen LogP contribution >= 0.6 is 0 Å². The summed E-state index contributed by atoms with van der Waals surface area (Å²) in [4.78, 5) is 0. The van der Waals surface area contributed by atoms with Crippen molar-refractivity contribution < 1.29 is 30.2 Å². The van der Waals surface area contributed by atoms with Gasteiger partial charge in [0.05, 0.1) is 5.56 Å². The van der Waals surface area contributed by atoms with E-state index >= 15 is 0 Å². The second-order valence-corrected chi connectivity index (χ2v) is 5.98. The molecule has 0 amide bonds. The van der Waals surface area contributed by atoms with Crippen LogP contribution in [0.25, 0.3) is 0 Å². The number of hydrogen-bond donors (Lipinski definition) is 0. The third kappa shape index (κ3) is 4.20. The number of benzene rings is 2. The highest BCUT2D eigenvalue weighted by Crippen LogP contribution is 2.36. The summed E-state index contributed by atoms with van der Waals surface area (Å²) in [6.07, 6.45) is -4.73. The van der Waals surface area contributed by atoms with Crippen molar-refractivity contribution in [3.05, 3.63) is 65.5 Å². The second-order valence-electron chi connectivity index (χ2n) is 4.41. The monoisotopic (exact) mass is 334 g/mol. The molecule has 22 heavy (non-hydrogen) atoms. The van der Waals surface area contributed by atoms with E-state index in [9.17, 15) is 26.0 Å². The Morgan fingerprint density at radius 2 is 1.55 bits per heavy atom. The maximum absolute atomic E-state index is 12.8. The van der Waals surface area contributed by atoms with Gasteiger partial charge in [0.1, 0.15) is 11.6 Å². The molecule has 8 heteroatoms. The molecule has 0 aromatic heterocycles. The zero-order chi connectivity index (χ0) is 16.4. The van der Waals surface area contributed by atoms with Crippen molar-refractivity contribution >= 4 is 10.1 Å². The van der Waals surface area contributed by atoms with Crippen molar-refractivity contribution in [1.82, 2.24) is 0 Å². The van der Waals surface area contributed by atoms with Crippen LogP contribution in [0.4, 0.5) is 17.6 Å². The van der Waals surface area contributed by atoms with Crippen LogP contribution in [0.15, 0.2) is 48.5 Å². The summed E-state index contributed by atoms with van der Waals surface area (Å²) in [5, 5.41) is 0. The lowest BCUT2D eigenvalue weighted by atomic mass is 10.2. The fourth-order valence-corrected chi connectivity index (χ4v) is 2.80. The standard InChI is InChI=1S/C14H10F4O3S/c15-11-7-5-10(6-8-11)9-22(19,20)21-13-4-2-1-3-12(13)14(16,17)18/h1-8H,9H2. The van der Waals surface area contributed by atoms with Crippen LogP contribution < -0.4 is 4.18 Å². The van der Waals surface area contributed by atoms with Crippen LogP contribution in [-0.4, -0.2) is 8.42 Å². The minimum absolute atomic E-state index is 0.200. The molecule has 0 spiro atoms. The molecule has 0 bridgehead atoms. The zero-order valence-electron chi connectivity index (χ0n) is 11.0. The maximum Gasteiger partial charge on any atom is 0.420 e. The van der Waals surface area contributed by atoms with Crippen LogP contribution in [0.3, 0.4) is 0 Å². The molecule has 2 aromatic carbocycles. The van der Waals surface area contributed by atoms with E-state index < -0.39 is 39.2 Å². The molecule has 0 atom stereocenters. The van der Waals surface area contributed by atoms with Gasteiger partial charge in [-0.2, -0.15) is 21.6 Å². The van der Waals surface area contributed by atoms with Crippen molar-refractivity contribution in [2.45, 2.75) is 11.9 Å². The highest BCUT2D eigenvalue weighted by Gasteiger charge is 2.35. The Morgan fingerprint density at radius 1 is 0.955 bits per heavy atom. The SMILES string of the molecule is O=S(=O)(Cc1ccc(F)cc1)Oc1ccccc1C(F)(F)F. The Morgan fingerprint density at radius 3 is 2.14 bits per heavy atom. The van der Waals surface area contributed by atoms with Gasteiger partial charge in [0.15, 0.2) is 5.75 Å². The summed E-state index contributed by atoms with van der Waals surface area (Å²) >= 11 is 0. The van der Waals surface area contributed by atoms with Gasteiger partial charge in [-0.25, -0.2) is 4.39 Å². The maximum atomic E-state index is 12.8. The molecule has 0 aliphatic heterocycles. The smallest absolute Gasteiger partial charge is 0.382 e. The van der Waals surface area contributed by atoms with E-state index in [0.29, 0.717) is 0 Å². The largest absolute Gasteiger partial charge is 0.420 e. The molecule has 0 aliphatic carbocycles. The second kappa shape index (κ2) is 5.96. The molecule has 2 rings (SSSR count). The van der Waals surface area contributed by atoms with Gasteiger partial charge in [0.2, 0.25) is 0 Å². The van der Waals surface area contributed by atoms with Crippen LogP contribution in [0.1, 0.15) is 11.1 Å². The highest BCUT2D eigenvalue weighted by atomic mass is 32.2. The number of hydrogen-bond acceptors (Lipinski definition) is 3. The third-order valence-corrected chi connectivity index (χ3v) is 3.79. The first kappa shape index (κ1) is 16.3. The Kier molecular flexibility index (Phi) is 4.41. The Hall–Kier alpha value is -2.09. The van der Waals surface area contributed by atoms with E-state index in [1.165, 1.54) is 18.2 Å². The van der Waals surface area contributed by atoms with Crippen molar-refractivity contribution in [1.29, 1.82) is 0 Å².